The predicted molar refractivity (Wildman–Crippen MR) is 414 cm³/mol. The van der Waals surface area contributed by atoms with Gasteiger partial charge in [0.2, 0.25) is 28.7 Å². The van der Waals surface area contributed by atoms with E-state index in [2.05, 4.69) is 106 Å². The lowest BCUT2D eigenvalue weighted by molar-refractivity contribution is -0.385. The number of aromatic nitrogens is 5. The summed E-state index contributed by atoms with van der Waals surface area (Å²) in [4.78, 5) is 145. The minimum absolute atomic E-state index is 0.0106. The average molecular weight is 1590 g/mol. The maximum Gasteiger partial charge on any atom is 0.339 e. The van der Waals surface area contributed by atoms with Crippen LogP contribution < -0.4 is 40.9 Å². The van der Waals surface area contributed by atoms with E-state index in [4.69, 9.17) is 38.0 Å². The number of nitrogens with one attached hydrogen (secondary N) is 4. The van der Waals surface area contributed by atoms with Crippen LogP contribution in [0.3, 0.4) is 0 Å². The van der Waals surface area contributed by atoms with Crippen LogP contribution in [0.15, 0.2) is 91.7 Å². The second-order valence-electron chi connectivity index (χ2n) is 27.1. The SMILES string of the molecule is COC(=O)C1C[CH+]CCN1.COC(=O)c1cnc(Cl)c([N+](=O)[O-])c1.COC(=O)c1cnc(N2CCCCC2C(=O)OC)c([N+](=O)[O-])c1.COC(=O)c1cnc2c(c1)NC(=O)C1CCCCN21.O=C1Nc2cc(CN3CC=C(c4ccc(Cl)cc4)CC3)cnc2N2CCCCC12.O=C1Nc2cc(CO)cnc2N2CCCCC12. The number of hydrogen-bond acceptors (Lipinski definition) is 29. The fourth-order valence-corrected chi connectivity index (χ4v) is 14.6. The minimum Gasteiger partial charge on any atom is -0.468 e. The molecule has 0 bridgehead atoms. The highest BCUT2D eigenvalue weighted by Gasteiger charge is 2.40. The van der Waals surface area contributed by atoms with E-state index in [9.17, 15) is 58.6 Å². The largest absolute Gasteiger partial charge is 0.468 e. The van der Waals surface area contributed by atoms with Crippen LogP contribution in [0.2, 0.25) is 10.2 Å². The molecule has 5 saturated heterocycles. The molecule has 15 rings (SSSR count). The summed E-state index contributed by atoms with van der Waals surface area (Å²) in [6, 6.07) is 14.8. The first-order valence-corrected chi connectivity index (χ1v) is 37.5. The Morgan fingerprint density at radius 2 is 1.00 bits per heavy atom. The van der Waals surface area contributed by atoms with Gasteiger partial charge in [-0.3, -0.25) is 49.6 Å². The Bertz CT molecular complexity index is 4480. The zero-order valence-corrected chi connectivity index (χ0v) is 64.1. The fourth-order valence-electron chi connectivity index (χ4n) is 14.3. The van der Waals surface area contributed by atoms with Crippen LogP contribution >= 0.6 is 23.2 Å². The Morgan fingerprint density at radius 1 is 0.545 bits per heavy atom. The van der Waals surface area contributed by atoms with Crippen molar-refractivity contribution in [3.63, 3.8) is 0 Å². The molecule has 6 aromatic rings. The number of carbonyl (C=O) groups excluding carboxylic acids is 8. The van der Waals surface area contributed by atoms with Gasteiger partial charge in [-0.15, -0.1) is 0 Å². The molecule has 14 heterocycles. The van der Waals surface area contributed by atoms with Crippen molar-refractivity contribution in [3.8, 4) is 0 Å². The predicted octanol–water partition coefficient (Wildman–Crippen LogP) is 9.25. The lowest BCUT2D eigenvalue weighted by atomic mass is 9.98. The smallest absolute Gasteiger partial charge is 0.339 e. The van der Waals surface area contributed by atoms with Crippen molar-refractivity contribution in [3.05, 3.63) is 162 Å². The number of pyridine rings is 5. The number of halogens is 2. The first-order valence-electron chi connectivity index (χ1n) is 36.7. The molecule has 5 aromatic heterocycles. The van der Waals surface area contributed by atoms with Gasteiger partial charge in [0.05, 0.1) is 92.2 Å². The van der Waals surface area contributed by atoms with Crippen molar-refractivity contribution < 1.29 is 77.0 Å². The van der Waals surface area contributed by atoms with E-state index in [1.807, 2.05) is 23.2 Å². The van der Waals surface area contributed by atoms with Crippen LogP contribution in [0.5, 0.6) is 0 Å². The molecular formula is C76H89Cl2N16O18+. The first kappa shape index (κ1) is 83.3. The van der Waals surface area contributed by atoms with Crippen LogP contribution in [0.25, 0.3) is 5.57 Å². The summed E-state index contributed by atoms with van der Waals surface area (Å²) in [5.74, 6) is 0.240. The van der Waals surface area contributed by atoms with Gasteiger partial charge in [0.15, 0.2) is 17.5 Å². The number of piperidine rings is 5. The maximum absolute atomic E-state index is 12.5. The van der Waals surface area contributed by atoms with E-state index < -0.39 is 45.5 Å². The number of ether oxygens (including phenoxy) is 5. The third-order valence-electron chi connectivity index (χ3n) is 20.0. The number of aliphatic hydroxyl groups excluding tert-OH is 1. The molecule has 0 saturated carbocycles. The number of fused-ring (bicyclic) bond motifs is 9. The zero-order chi connectivity index (χ0) is 80.1. The summed E-state index contributed by atoms with van der Waals surface area (Å²) in [6.45, 7) is 6.67. The molecule has 0 spiro atoms. The van der Waals surface area contributed by atoms with Crippen molar-refractivity contribution >= 4 is 128 Å². The number of hydrogen-bond donors (Lipinski definition) is 5. The Morgan fingerprint density at radius 3 is 1.47 bits per heavy atom. The first-order chi connectivity index (χ1) is 54.1. The van der Waals surface area contributed by atoms with Crippen molar-refractivity contribution in [1.82, 2.24) is 35.1 Å². The molecule has 5 fully saturated rings. The van der Waals surface area contributed by atoms with Gasteiger partial charge in [-0.05, 0) is 136 Å². The molecule has 112 heavy (non-hydrogen) atoms. The molecule has 1 aromatic carbocycles. The molecule has 9 aliphatic rings. The molecule has 36 heteroatoms. The highest BCUT2D eigenvalue weighted by molar-refractivity contribution is 6.31. The summed E-state index contributed by atoms with van der Waals surface area (Å²) in [7, 11) is 6.36. The van der Waals surface area contributed by atoms with E-state index in [0.29, 0.717) is 24.2 Å². The fraction of sp³-hybridized carbons (Fsp3) is 0.447. The van der Waals surface area contributed by atoms with Gasteiger partial charge in [-0.25, -0.2) is 44.1 Å². The van der Waals surface area contributed by atoms with Gasteiger partial charge in [0.25, 0.3) is 0 Å². The van der Waals surface area contributed by atoms with E-state index in [-0.39, 0.29) is 82.3 Å². The minimum atomic E-state index is -0.720. The van der Waals surface area contributed by atoms with E-state index in [1.54, 1.807) is 23.2 Å². The van der Waals surface area contributed by atoms with E-state index in [1.165, 1.54) is 59.1 Å². The Balaban J connectivity index is 0.000000147. The number of benzene rings is 1. The van der Waals surface area contributed by atoms with Crippen LogP contribution in [0.4, 0.5) is 51.7 Å². The van der Waals surface area contributed by atoms with Gasteiger partial charge < -0.3 is 64.3 Å². The zero-order valence-electron chi connectivity index (χ0n) is 62.6. The number of nitrogens with zero attached hydrogens (tertiary/aromatic N) is 12. The Hall–Kier alpha value is -11.2. The molecule has 5 atom stereocenters. The molecular weight excluding hydrogens is 1500 g/mol. The molecule has 5 unspecified atom stereocenters. The quantitative estimate of drug-likeness (QED) is 0.0190. The number of esters is 5. The van der Waals surface area contributed by atoms with Crippen molar-refractivity contribution in [1.29, 1.82) is 0 Å². The molecule has 5 N–H and O–H groups in total. The van der Waals surface area contributed by atoms with Crippen LogP contribution in [-0.2, 0) is 60.8 Å². The lowest BCUT2D eigenvalue weighted by Gasteiger charge is -2.40. The maximum atomic E-state index is 12.5. The van der Waals surface area contributed by atoms with Crippen LogP contribution in [0.1, 0.15) is 144 Å². The number of amides is 3. The topological polar surface area (TPSA) is 418 Å². The summed E-state index contributed by atoms with van der Waals surface area (Å²) >= 11 is 11.4. The van der Waals surface area contributed by atoms with Gasteiger partial charge in [-0.1, -0.05) is 41.4 Å². The number of aliphatic hydroxyl groups is 1. The second kappa shape index (κ2) is 39.6. The summed E-state index contributed by atoms with van der Waals surface area (Å²) in [6.07, 6.45) is 26.1. The average Bonchev–Trinajstić information content (AvgIpc) is 0.786. The van der Waals surface area contributed by atoms with Crippen LogP contribution in [0, 0.1) is 26.6 Å². The van der Waals surface area contributed by atoms with Crippen LogP contribution in [-0.4, -0.2) is 204 Å². The number of methoxy groups -OCH3 is 5. The molecule has 594 valence electrons. The lowest BCUT2D eigenvalue weighted by Crippen LogP contribution is -2.51. The number of rotatable bonds is 12. The van der Waals surface area contributed by atoms with E-state index in [0.717, 1.165) is 199 Å². The molecule has 0 aliphatic carbocycles. The molecule has 0 radical (unpaired) electrons. The number of carbonyl (C=O) groups is 8. The van der Waals surface area contributed by atoms with Gasteiger partial charge in [-0.2, -0.15) is 0 Å². The molecule has 34 nitrogen and oxygen atoms in total. The van der Waals surface area contributed by atoms with E-state index >= 15 is 0 Å². The third-order valence-corrected chi connectivity index (χ3v) is 20.6. The summed E-state index contributed by atoms with van der Waals surface area (Å²) in [5.41, 5.74) is 6.22. The molecule has 3 amide bonds. The monoisotopic (exact) mass is 1580 g/mol. The summed E-state index contributed by atoms with van der Waals surface area (Å²) < 4.78 is 22.9. The normalized spacial score (nSPS) is 19.7. The van der Waals surface area contributed by atoms with Gasteiger partial charge >= 0.3 is 41.2 Å². The Labute approximate surface area is 655 Å². The van der Waals surface area contributed by atoms with Crippen molar-refractivity contribution in [2.75, 3.05) is 117 Å². The van der Waals surface area contributed by atoms with Gasteiger partial charge in [0.1, 0.15) is 43.1 Å². The molecule has 9 aliphatic heterocycles. The summed E-state index contributed by atoms with van der Waals surface area (Å²) in [5, 5.41) is 43.2. The van der Waals surface area contributed by atoms with Crippen molar-refractivity contribution in [2.24, 2.45) is 0 Å². The highest BCUT2D eigenvalue weighted by atomic mass is 35.5. The van der Waals surface area contributed by atoms with Gasteiger partial charge in [0, 0.05) is 100 Å². The number of anilines is 7. The standard InChI is InChI=1S/C23H25ClN4O.C14H17N3O6.C13H15N3O3.C12H15N3O2.C7H5ClN2O4.C7H12NO2/c24-19-6-4-17(5-7-19)18-8-11-27(12-9-18)15-16-13-20-22(25-14-16)28-10-2-1-3-21(28)23(29)26-20;1-22-13(18)9-7-11(17(20)21)12(15-8-9)16-6-4-3-5-10(16)14(19)23-2;1-19-13(18)8-6-9-11(14-7-8)16-5-3-2-4-10(16)12(17)15-9;16-7-8-5-9-11(13-6-8)15-4-2-1-3-10(15)12(17)14-9;1-14-7(11)4-2-5(10(12)13)6(8)9-3-4;1-10-7(9)6-4-2-3-5-8-6/h4-8,13-14,21H,1-3,9-12,15H2,(H,26,29);7-8,10H,3-6H2,1-2H3;6-7,10H,2-5H2,1H3,(H,15,17);5-6,10,16H,1-4,7H2,(H,14,17);2-3H,1H3;2,6,8H,3-5H2,1H3/q;;;;;+1. The second-order valence-corrected chi connectivity index (χ2v) is 27.9. The Kier molecular flexibility index (Phi) is 29.5. The number of nitro groups is 2. The van der Waals surface area contributed by atoms with Crippen molar-refractivity contribution in [2.45, 2.75) is 140 Å². The third kappa shape index (κ3) is 20.7. The highest BCUT2D eigenvalue weighted by Crippen LogP contribution is 2.39.